The molecule has 0 atom stereocenters. The fourth-order valence-corrected chi connectivity index (χ4v) is 7.27. The van der Waals surface area contributed by atoms with Crippen molar-refractivity contribution in [1.82, 2.24) is 9.29 Å². The number of aromatic nitrogens is 1. The van der Waals surface area contributed by atoms with E-state index in [1.807, 2.05) is 18.2 Å². The van der Waals surface area contributed by atoms with Gasteiger partial charge in [-0.25, -0.2) is 17.9 Å². The summed E-state index contributed by atoms with van der Waals surface area (Å²) in [6, 6.07) is 17.2. The molecule has 0 saturated heterocycles. The molecule has 10 heteroatoms. The van der Waals surface area contributed by atoms with Crippen LogP contribution in [0.4, 0.5) is 10.5 Å². The second-order valence-electron chi connectivity index (χ2n) is 11.0. The first-order valence-corrected chi connectivity index (χ1v) is 16.0. The maximum atomic E-state index is 13.0. The predicted molar refractivity (Wildman–Crippen MR) is 167 cm³/mol. The van der Waals surface area contributed by atoms with E-state index in [1.165, 1.54) is 18.1 Å². The Morgan fingerprint density at radius 2 is 1.79 bits per heavy atom. The van der Waals surface area contributed by atoms with Crippen molar-refractivity contribution in [3.8, 4) is 5.75 Å². The van der Waals surface area contributed by atoms with Gasteiger partial charge in [-0.1, -0.05) is 44.0 Å². The van der Waals surface area contributed by atoms with E-state index in [-0.39, 0.29) is 16.5 Å². The number of ether oxygens (including phenoxy) is 1. The lowest BCUT2D eigenvalue weighted by Gasteiger charge is -2.26. The lowest BCUT2D eigenvalue weighted by molar-refractivity contribution is 0.0981. The first-order valence-electron chi connectivity index (χ1n) is 14.6. The van der Waals surface area contributed by atoms with Crippen LogP contribution in [-0.2, 0) is 23.0 Å². The predicted octanol–water partition coefficient (Wildman–Crippen LogP) is 6.50. The Labute approximate surface area is 252 Å². The van der Waals surface area contributed by atoms with E-state index in [0.29, 0.717) is 23.4 Å². The Morgan fingerprint density at radius 1 is 1.05 bits per heavy atom. The number of anilines is 1. The summed E-state index contributed by atoms with van der Waals surface area (Å²) < 4.78 is 35.7. The Hall–Kier alpha value is -4.31. The van der Waals surface area contributed by atoms with E-state index in [4.69, 9.17) is 4.74 Å². The van der Waals surface area contributed by atoms with Gasteiger partial charge < -0.3 is 14.4 Å². The molecule has 3 aromatic carbocycles. The number of nitrogens with one attached hydrogen (secondary N) is 1. The summed E-state index contributed by atoms with van der Waals surface area (Å²) in [5.74, 6) is -0.301. The Morgan fingerprint density at radius 3 is 2.47 bits per heavy atom. The maximum Gasteiger partial charge on any atom is 0.412 e. The summed E-state index contributed by atoms with van der Waals surface area (Å²) in [7, 11) is -2.55. The highest BCUT2D eigenvalue weighted by molar-refractivity contribution is 7.90. The summed E-state index contributed by atoms with van der Waals surface area (Å²) in [6.45, 7) is 4.59. The van der Waals surface area contributed by atoms with Gasteiger partial charge in [0.1, 0.15) is 5.75 Å². The number of carbonyl (C=O) groups is 2. The minimum Gasteiger partial charge on any atom is -0.496 e. The highest BCUT2D eigenvalue weighted by Crippen LogP contribution is 2.34. The fourth-order valence-electron chi connectivity index (χ4n) is 6.05. The quantitative estimate of drug-likeness (QED) is 0.214. The maximum absolute atomic E-state index is 13.0. The summed E-state index contributed by atoms with van der Waals surface area (Å²) in [4.78, 5) is 26.8. The molecule has 0 bridgehead atoms. The zero-order valence-corrected chi connectivity index (χ0v) is 25.5. The summed E-state index contributed by atoms with van der Waals surface area (Å²) in [5, 5.41) is 11.0. The Kier molecular flexibility index (Phi) is 8.77. The SMILES string of the molecule is CCCn1cc(Cc2ccc(C(=O)NS(=O)(=O)c3ccccc3C)cc2OC)c2cc(N(C(=O)O)C3CCCC3)ccc21. The molecule has 9 nitrogen and oxygen atoms in total. The Bertz CT molecular complexity index is 1770. The normalized spacial score (nSPS) is 13.7. The van der Waals surface area contributed by atoms with Gasteiger partial charge in [0.15, 0.2) is 0 Å². The Balaban J connectivity index is 1.46. The number of sulfonamides is 1. The number of aryl methyl sites for hydroxylation is 2. The van der Waals surface area contributed by atoms with Gasteiger partial charge in [-0.3, -0.25) is 9.69 Å². The highest BCUT2D eigenvalue weighted by atomic mass is 32.2. The van der Waals surface area contributed by atoms with E-state index in [2.05, 4.69) is 22.4 Å². The summed E-state index contributed by atoms with van der Waals surface area (Å²) in [6.07, 6.45) is 6.33. The van der Waals surface area contributed by atoms with Crippen LogP contribution >= 0.6 is 0 Å². The van der Waals surface area contributed by atoms with Gasteiger partial charge in [-0.05, 0) is 79.3 Å². The highest BCUT2D eigenvalue weighted by Gasteiger charge is 2.28. The van der Waals surface area contributed by atoms with Crippen LogP contribution in [-0.4, -0.2) is 43.2 Å². The number of fused-ring (bicyclic) bond motifs is 1. The number of nitrogens with zero attached hydrogens (tertiary/aromatic N) is 2. The van der Waals surface area contributed by atoms with Crippen molar-refractivity contribution in [2.75, 3.05) is 12.0 Å². The molecule has 0 unspecified atom stereocenters. The first-order chi connectivity index (χ1) is 20.6. The number of hydrogen-bond acceptors (Lipinski definition) is 5. The second-order valence-corrected chi connectivity index (χ2v) is 12.7. The van der Waals surface area contributed by atoms with Crippen LogP contribution in [0, 0.1) is 6.92 Å². The lowest BCUT2D eigenvalue weighted by atomic mass is 10.0. The van der Waals surface area contributed by atoms with Crippen molar-refractivity contribution < 1.29 is 27.9 Å². The summed E-state index contributed by atoms with van der Waals surface area (Å²) >= 11 is 0. The molecule has 2 N–H and O–H groups in total. The molecule has 1 fully saturated rings. The van der Waals surface area contributed by atoms with Crippen LogP contribution in [0.15, 0.2) is 71.8 Å². The van der Waals surface area contributed by atoms with Crippen LogP contribution in [0.3, 0.4) is 0 Å². The molecule has 226 valence electrons. The average Bonchev–Trinajstić information content (AvgIpc) is 3.62. The monoisotopic (exact) mass is 603 g/mol. The van der Waals surface area contributed by atoms with E-state index in [0.717, 1.165) is 60.7 Å². The van der Waals surface area contributed by atoms with Crippen LogP contribution in [0.1, 0.15) is 66.1 Å². The molecular formula is C33H37N3O6S. The van der Waals surface area contributed by atoms with Crippen molar-refractivity contribution in [3.05, 3.63) is 89.1 Å². The molecule has 1 aliphatic carbocycles. The van der Waals surface area contributed by atoms with Gasteiger partial charge >= 0.3 is 6.09 Å². The topological polar surface area (TPSA) is 118 Å². The zero-order chi connectivity index (χ0) is 30.7. The average molecular weight is 604 g/mol. The third-order valence-corrected chi connectivity index (χ3v) is 9.62. The van der Waals surface area contributed by atoms with Crippen LogP contribution in [0.2, 0.25) is 0 Å². The number of methoxy groups -OCH3 is 1. The fraction of sp³-hybridized carbons (Fsp3) is 0.333. The van der Waals surface area contributed by atoms with Gasteiger partial charge in [0.05, 0.1) is 12.0 Å². The van der Waals surface area contributed by atoms with E-state index < -0.39 is 22.0 Å². The van der Waals surface area contributed by atoms with Crippen LogP contribution < -0.4 is 14.4 Å². The molecule has 0 spiro atoms. The van der Waals surface area contributed by atoms with Gasteiger partial charge in [0.25, 0.3) is 15.9 Å². The molecular weight excluding hydrogens is 566 g/mol. The van der Waals surface area contributed by atoms with Gasteiger partial charge in [0.2, 0.25) is 0 Å². The zero-order valence-electron chi connectivity index (χ0n) is 24.7. The van der Waals surface area contributed by atoms with Crippen LogP contribution in [0.5, 0.6) is 5.75 Å². The van der Waals surface area contributed by atoms with Gasteiger partial charge in [-0.15, -0.1) is 0 Å². The third-order valence-electron chi connectivity index (χ3n) is 8.13. The van der Waals surface area contributed by atoms with Crippen molar-refractivity contribution >= 4 is 38.6 Å². The number of hydrogen-bond donors (Lipinski definition) is 2. The number of amides is 2. The molecule has 1 saturated carbocycles. The van der Waals surface area contributed by atoms with Crippen molar-refractivity contribution in [1.29, 1.82) is 0 Å². The van der Waals surface area contributed by atoms with E-state index in [9.17, 15) is 23.1 Å². The molecule has 1 aromatic heterocycles. The lowest BCUT2D eigenvalue weighted by Crippen LogP contribution is -2.37. The number of carbonyl (C=O) groups excluding carboxylic acids is 1. The molecule has 5 rings (SSSR count). The number of carboxylic acid groups (broad SMARTS) is 1. The van der Waals surface area contributed by atoms with Crippen LogP contribution in [0.25, 0.3) is 10.9 Å². The summed E-state index contributed by atoms with van der Waals surface area (Å²) in [5.41, 5.74) is 4.19. The van der Waals surface area contributed by atoms with E-state index >= 15 is 0 Å². The van der Waals surface area contributed by atoms with Gasteiger partial charge in [-0.2, -0.15) is 0 Å². The minimum absolute atomic E-state index is 0.0236. The third kappa shape index (κ3) is 6.24. The molecule has 0 radical (unpaired) electrons. The van der Waals surface area contributed by atoms with Crippen molar-refractivity contribution in [2.24, 2.45) is 0 Å². The van der Waals surface area contributed by atoms with Crippen molar-refractivity contribution in [3.63, 3.8) is 0 Å². The van der Waals surface area contributed by atoms with Crippen molar-refractivity contribution in [2.45, 2.75) is 69.9 Å². The molecule has 1 aliphatic rings. The minimum atomic E-state index is -4.06. The standard InChI is InChI=1S/C33H37N3O6S/c1-4-17-35-21-25(28-20-27(15-16-29(28)35)36(33(38)39)26-10-6-7-11-26)18-23-13-14-24(19-30(23)42-3)32(37)34-43(40,41)31-12-8-5-9-22(31)2/h5,8-9,12-16,19-21,26H,4,6-7,10-11,17-18H2,1-3H3,(H,34,37)(H,38,39). The van der Waals surface area contributed by atoms with E-state index in [1.54, 1.807) is 43.3 Å². The number of rotatable bonds is 10. The molecule has 4 aromatic rings. The number of benzene rings is 3. The molecule has 0 aliphatic heterocycles. The largest absolute Gasteiger partial charge is 0.496 e. The molecule has 43 heavy (non-hydrogen) atoms. The van der Waals surface area contributed by atoms with Gasteiger partial charge in [0, 0.05) is 47.4 Å². The first kappa shape index (κ1) is 30.2. The second kappa shape index (κ2) is 12.5. The molecule has 1 heterocycles. The smallest absolute Gasteiger partial charge is 0.412 e. The molecule has 2 amide bonds.